The van der Waals surface area contributed by atoms with Crippen molar-refractivity contribution in [1.29, 1.82) is 0 Å². The second kappa shape index (κ2) is 8.88. The van der Waals surface area contributed by atoms with Crippen molar-refractivity contribution in [3.63, 3.8) is 0 Å². The van der Waals surface area contributed by atoms with E-state index in [0.29, 0.717) is 5.92 Å². The molecule has 0 saturated heterocycles. The molecule has 1 unspecified atom stereocenters. The molecule has 1 radical (unpaired) electrons. The number of hydrogen-bond acceptors (Lipinski definition) is 0. The van der Waals surface area contributed by atoms with Crippen molar-refractivity contribution in [2.75, 3.05) is 0 Å². The molecule has 0 bridgehead atoms. The van der Waals surface area contributed by atoms with Gasteiger partial charge < -0.3 is 0 Å². The monoisotopic (exact) mass is 203 g/mol. The Labute approximate surface area is 78.5 Å². The fraction of sp³-hybridized carbons (Fsp3) is 0.875. The van der Waals surface area contributed by atoms with Crippen molar-refractivity contribution in [1.82, 2.24) is 0 Å². The predicted molar refractivity (Wildman–Crippen MR) is 38.7 cm³/mol. The average molecular weight is 204 g/mol. The first-order valence-electron chi connectivity index (χ1n) is 3.64. The van der Waals surface area contributed by atoms with Crippen molar-refractivity contribution in [2.45, 2.75) is 39.5 Å². The van der Waals surface area contributed by atoms with Gasteiger partial charge in [-0.15, -0.1) is 0 Å². The standard InChI is InChI=1S/C8H17.Zr/c1-4-6-7-8(3)5-2;/h8H,3-7H2,1-2H3;. The molecule has 0 aromatic heterocycles. The van der Waals surface area contributed by atoms with Crippen LogP contribution in [0.25, 0.3) is 0 Å². The summed E-state index contributed by atoms with van der Waals surface area (Å²) in [6.45, 7) is 8.42. The van der Waals surface area contributed by atoms with Crippen molar-refractivity contribution in [3.05, 3.63) is 6.92 Å². The van der Waals surface area contributed by atoms with Gasteiger partial charge in [-0.3, -0.25) is 0 Å². The zero-order valence-electron chi connectivity index (χ0n) is 6.61. The van der Waals surface area contributed by atoms with Gasteiger partial charge in [-0.2, -0.15) is 0 Å². The number of hydrogen-bond donors (Lipinski definition) is 0. The van der Waals surface area contributed by atoms with E-state index >= 15 is 0 Å². The van der Waals surface area contributed by atoms with Gasteiger partial charge in [0.1, 0.15) is 0 Å². The van der Waals surface area contributed by atoms with E-state index in [4.69, 9.17) is 0 Å². The second-order valence-electron chi connectivity index (χ2n) is 2.42. The van der Waals surface area contributed by atoms with Gasteiger partial charge >= 0.3 is 0 Å². The maximum atomic E-state index is 3.99. The van der Waals surface area contributed by atoms with E-state index < -0.39 is 0 Å². The second-order valence-corrected chi connectivity index (χ2v) is 2.42. The summed E-state index contributed by atoms with van der Waals surface area (Å²) >= 11 is 0. The third-order valence-electron chi connectivity index (χ3n) is 1.54. The van der Waals surface area contributed by atoms with Crippen LogP contribution in [-0.2, 0) is 26.2 Å². The number of unbranched alkanes of at least 4 members (excludes halogenated alkanes) is 1. The third kappa shape index (κ3) is 8.88. The normalized spacial score (nSPS) is 12.3. The summed E-state index contributed by atoms with van der Waals surface area (Å²) in [7, 11) is 0. The molecule has 0 aromatic rings. The molecule has 0 aromatic carbocycles. The van der Waals surface area contributed by atoms with Crippen LogP contribution in [0.3, 0.4) is 0 Å². The van der Waals surface area contributed by atoms with E-state index in [1.807, 2.05) is 0 Å². The maximum Gasteiger partial charge on any atom is 0 e. The molecule has 53 valence electrons. The molecule has 0 spiro atoms. The molecule has 0 nitrogen and oxygen atoms in total. The summed E-state index contributed by atoms with van der Waals surface area (Å²) in [5, 5.41) is 0. The Morgan fingerprint density at radius 2 is 1.89 bits per heavy atom. The van der Waals surface area contributed by atoms with Crippen LogP contribution < -0.4 is 0 Å². The zero-order chi connectivity index (χ0) is 6.41. The molecule has 0 heterocycles. The van der Waals surface area contributed by atoms with Crippen LogP contribution in [0, 0.1) is 12.8 Å². The topological polar surface area (TPSA) is 0 Å². The molecular formula is C8H17Zr. The van der Waals surface area contributed by atoms with Gasteiger partial charge in [0.15, 0.2) is 0 Å². The summed E-state index contributed by atoms with van der Waals surface area (Å²) in [6.07, 6.45) is 5.21. The van der Waals surface area contributed by atoms with E-state index in [0.717, 1.165) is 0 Å². The van der Waals surface area contributed by atoms with Crippen molar-refractivity contribution in [2.24, 2.45) is 5.92 Å². The first-order valence-corrected chi connectivity index (χ1v) is 3.64. The molecule has 0 aliphatic rings. The Kier molecular flexibility index (Phi) is 12.4. The first kappa shape index (κ1) is 12.5. The van der Waals surface area contributed by atoms with E-state index in [1.54, 1.807) is 0 Å². The van der Waals surface area contributed by atoms with Crippen LogP contribution >= 0.6 is 0 Å². The van der Waals surface area contributed by atoms with Crippen LogP contribution in [0.4, 0.5) is 0 Å². The molecule has 0 amide bonds. The van der Waals surface area contributed by atoms with Gasteiger partial charge in [0.25, 0.3) is 0 Å². The predicted octanol–water partition coefficient (Wildman–Crippen LogP) is 3.03. The quantitative estimate of drug-likeness (QED) is 0.660. The van der Waals surface area contributed by atoms with E-state index in [2.05, 4.69) is 20.8 Å². The fourth-order valence-electron chi connectivity index (χ4n) is 0.697. The minimum absolute atomic E-state index is 0. The third-order valence-corrected chi connectivity index (χ3v) is 1.54. The molecule has 0 aliphatic carbocycles. The molecule has 0 saturated carbocycles. The molecule has 1 heteroatoms. The SMILES string of the molecule is [CH2]C(CC)CCCC.[Zr]. The molecule has 0 fully saturated rings. The summed E-state index contributed by atoms with van der Waals surface area (Å²) in [5.41, 5.74) is 0. The molecule has 1 atom stereocenters. The van der Waals surface area contributed by atoms with Gasteiger partial charge in [-0.1, -0.05) is 46.5 Å². The van der Waals surface area contributed by atoms with Crippen LogP contribution in [0.2, 0.25) is 0 Å². The molecule has 0 N–H and O–H groups in total. The molecular weight excluding hydrogens is 187 g/mol. The minimum atomic E-state index is 0. The summed E-state index contributed by atoms with van der Waals surface area (Å²) in [4.78, 5) is 0. The molecule has 0 rings (SSSR count). The van der Waals surface area contributed by atoms with Gasteiger partial charge in [0.2, 0.25) is 0 Å². The maximum absolute atomic E-state index is 3.99. The van der Waals surface area contributed by atoms with Crippen molar-refractivity contribution in [3.8, 4) is 0 Å². The molecule has 9 heavy (non-hydrogen) atoms. The summed E-state index contributed by atoms with van der Waals surface area (Å²) < 4.78 is 0. The van der Waals surface area contributed by atoms with E-state index in [9.17, 15) is 0 Å². The minimum Gasteiger partial charge on any atom is -0.0654 e. The van der Waals surface area contributed by atoms with Gasteiger partial charge in [-0.05, 0) is 5.92 Å². The largest absolute Gasteiger partial charge is 0.0654 e. The summed E-state index contributed by atoms with van der Waals surface area (Å²) in [6, 6.07) is 0. The van der Waals surface area contributed by atoms with Crippen LogP contribution in [0.1, 0.15) is 39.5 Å². The van der Waals surface area contributed by atoms with Crippen molar-refractivity contribution >= 4 is 0 Å². The Morgan fingerprint density at radius 1 is 1.33 bits per heavy atom. The van der Waals surface area contributed by atoms with E-state index in [1.165, 1.54) is 25.7 Å². The first-order chi connectivity index (χ1) is 3.81. The fourth-order valence-corrected chi connectivity index (χ4v) is 0.697. The smallest absolute Gasteiger partial charge is 0 e. The van der Waals surface area contributed by atoms with Crippen molar-refractivity contribution < 1.29 is 26.2 Å². The van der Waals surface area contributed by atoms with Crippen LogP contribution in [0.5, 0.6) is 0 Å². The van der Waals surface area contributed by atoms with Crippen LogP contribution in [-0.4, -0.2) is 0 Å². The average Bonchev–Trinajstić information content (AvgIpc) is 1.83. The van der Waals surface area contributed by atoms with E-state index in [-0.39, 0.29) is 26.2 Å². The summed E-state index contributed by atoms with van der Waals surface area (Å²) in [5.74, 6) is 0.704. The Balaban J connectivity index is 0. The van der Waals surface area contributed by atoms with Gasteiger partial charge in [0.05, 0.1) is 0 Å². The van der Waals surface area contributed by atoms with Gasteiger partial charge in [-0.25, -0.2) is 0 Å². The number of rotatable bonds is 4. The van der Waals surface area contributed by atoms with Crippen LogP contribution in [0.15, 0.2) is 0 Å². The zero-order valence-corrected chi connectivity index (χ0v) is 9.07. The Bertz CT molecular complexity index is 43.8. The Morgan fingerprint density at radius 3 is 2.22 bits per heavy atom. The Hall–Kier alpha value is 0.883. The van der Waals surface area contributed by atoms with Gasteiger partial charge in [0, 0.05) is 26.2 Å². The molecule has 0 aliphatic heterocycles.